The van der Waals surface area contributed by atoms with E-state index in [0.717, 1.165) is 35.3 Å². The van der Waals surface area contributed by atoms with Crippen molar-refractivity contribution in [3.8, 4) is 0 Å². The van der Waals surface area contributed by atoms with Gasteiger partial charge in [-0.25, -0.2) is 27.5 Å². The lowest BCUT2D eigenvalue weighted by Crippen LogP contribution is -2.57. The number of nitrogens with zero attached hydrogens (tertiary/aromatic N) is 8. The molecule has 0 N–H and O–H groups in total. The molecule has 4 aromatic rings. The SMILES string of the molecule is Cc1nn(C(C)(C)C)c2nc(C3CC3)cc(C(=O)N3C[C@@H](C)N(Cc4cn([C@H](C)c5c(F)cc(F)cc5F)nn4)[C@@H](C)C3)c12. The normalized spacial score (nSPS) is 20.5. The van der Waals surface area contributed by atoms with E-state index in [9.17, 15) is 18.0 Å². The van der Waals surface area contributed by atoms with Crippen molar-refractivity contribution in [3.05, 3.63) is 70.1 Å². The first kappa shape index (κ1) is 30.2. The first-order chi connectivity index (χ1) is 20.7. The summed E-state index contributed by atoms with van der Waals surface area (Å²) in [4.78, 5) is 23.4. The predicted octanol–water partition coefficient (Wildman–Crippen LogP) is 5.73. The van der Waals surface area contributed by atoms with Gasteiger partial charge >= 0.3 is 0 Å². The van der Waals surface area contributed by atoms with Crippen LogP contribution in [0.2, 0.25) is 0 Å². The fraction of sp³-hybridized carbons (Fsp3) is 0.531. The summed E-state index contributed by atoms with van der Waals surface area (Å²) in [5.74, 6) is -2.53. The van der Waals surface area contributed by atoms with Gasteiger partial charge in [-0.3, -0.25) is 9.69 Å². The van der Waals surface area contributed by atoms with Crippen LogP contribution in [0, 0.1) is 24.4 Å². The summed E-state index contributed by atoms with van der Waals surface area (Å²) in [5.41, 5.74) is 3.27. The second-order valence-electron chi connectivity index (χ2n) is 13.5. The summed E-state index contributed by atoms with van der Waals surface area (Å²) in [6.45, 7) is 15.5. The van der Waals surface area contributed by atoms with Crippen LogP contribution in [0.5, 0.6) is 0 Å². The molecule has 12 heteroatoms. The Bertz CT molecular complexity index is 1700. The van der Waals surface area contributed by atoms with Gasteiger partial charge in [0.05, 0.1) is 40.1 Å². The maximum Gasteiger partial charge on any atom is 0.254 e. The summed E-state index contributed by atoms with van der Waals surface area (Å²) >= 11 is 0. The van der Waals surface area contributed by atoms with E-state index in [1.54, 1.807) is 13.1 Å². The number of benzene rings is 1. The third-order valence-electron chi connectivity index (χ3n) is 8.84. The molecule has 0 bridgehead atoms. The first-order valence-electron chi connectivity index (χ1n) is 15.2. The highest BCUT2D eigenvalue weighted by atomic mass is 19.1. The summed E-state index contributed by atoms with van der Waals surface area (Å²) < 4.78 is 45.5. The van der Waals surface area contributed by atoms with E-state index in [0.29, 0.717) is 48.9 Å². The van der Waals surface area contributed by atoms with Crippen molar-refractivity contribution >= 4 is 16.9 Å². The third-order valence-corrected chi connectivity index (χ3v) is 8.84. The Hall–Kier alpha value is -3.80. The van der Waals surface area contributed by atoms with Gasteiger partial charge in [0, 0.05) is 61.0 Å². The van der Waals surface area contributed by atoms with Crippen LogP contribution in [0.15, 0.2) is 24.4 Å². The van der Waals surface area contributed by atoms with Crippen molar-refractivity contribution in [2.24, 2.45) is 0 Å². The van der Waals surface area contributed by atoms with Crippen molar-refractivity contribution in [2.75, 3.05) is 13.1 Å². The van der Waals surface area contributed by atoms with Crippen LogP contribution < -0.4 is 0 Å². The number of rotatable bonds is 6. The number of fused-ring (bicyclic) bond motifs is 1. The van der Waals surface area contributed by atoms with Crippen molar-refractivity contribution in [1.29, 1.82) is 0 Å². The predicted molar refractivity (Wildman–Crippen MR) is 160 cm³/mol. The molecule has 1 saturated carbocycles. The molecule has 9 nitrogen and oxygen atoms in total. The molecular weight excluding hydrogens is 569 g/mol. The fourth-order valence-corrected chi connectivity index (χ4v) is 6.38. The standard InChI is InChI=1S/C32H39F3N8O/c1-17-13-40(31(44)24-12-27(21-8-9-21)36-30-28(24)19(3)38-43(30)32(5,6)7)14-18(2)41(17)15-23-16-42(39-37-23)20(4)29-25(34)10-22(33)11-26(29)35/h10-12,16-18,20-21H,8-9,13-15H2,1-7H3/t17-,18+,20-/m1/s1. The summed E-state index contributed by atoms with van der Waals surface area (Å²) in [5, 5.41) is 14.0. The molecule has 3 atom stereocenters. The van der Waals surface area contributed by atoms with E-state index in [-0.39, 0.29) is 29.1 Å². The maximum atomic E-state index is 14.4. The van der Waals surface area contributed by atoms with Gasteiger partial charge in [0.2, 0.25) is 0 Å². The number of hydrogen-bond donors (Lipinski definition) is 0. The summed E-state index contributed by atoms with van der Waals surface area (Å²) in [7, 11) is 0. The number of carbonyl (C=O) groups excluding carboxylic acids is 1. The zero-order valence-corrected chi connectivity index (χ0v) is 26.3. The summed E-state index contributed by atoms with van der Waals surface area (Å²) in [6.07, 6.45) is 3.82. The minimum absolute atomic E-state index is 0.0101. The molecule has 1 aliphatic heterocycles. The number of halogens is 3. The van der Waals surface area contributed by atoms with Gasteiger partial charge in [-0.1, -0.05) is 5.21 Å². The van der Waals surface area contributed by atoms with E-state index in [1.165, 1.54) is 4.68 Å². The fourth-order valence-electron chi connectivity index (χ4n) is 6.38. The van der Waals surface area contributed by atoms with Crippen molar-refractivity contribution in [1.82, 2.24) is 39.6 Å². The lowest BCUT2D eigenvalue weighted by molar-refractivity contribution is 0.0265. The molecule has 2 aliphatic rings. The average molecular weight is 609 g/mol. The third kappa shape index (κ3) is 5.48. The maximum absolute atomic E-state index is 14.4. The highest BCUT2D eigenvalue weighted by molar-refractivity contribution is 6.06. The van der Waals surface area contributed by atoms with Crippen LogP contribution in [0.3, 0.4) is 0 Å². The Balaban J connectivity index is 1.21. The number of amides is 1. The zero-order chi connectivity index (χ0) is 31.7. The highest BCUT2D eigenvalue weighted by Crippen LogP contribution is 2.41. The van der Waals surface area contributed by atoms with Gasteiger partial charge in [-0.15, -0.1) is 5.10 Å². The van der Waals surface area contributed by atoms with E-state index in [4.69, 9.17) is 10.1 Å². The Morgan fingerprint density at radius 2 is 1.68 bits per heavy atom. The highest BCUT2D eigenvalue weighted by Gasteiger charge is 2.36. The van der Waals surface area contributed by atoms with Crippen LogP contribution in [0.25, 0.3) is 11.0 Å². The Morgan fingerprint density at radius 3 is 2.27 bits per heavy atom. The van der Waals surface area contributed by atoms with Crippen molar-refractivity contribution in [3.63, 3.8) is 0 Å². The number of pyridine rings is 1. The van der Waals surface area contributed by atoms with Gasteiger partial charge < -0.3 is 4.90 Å². The molecule has 1 aromatic carbocycles. The molecule has 0 spiro atoms. The van der Waals surface area contributed by atoms with Crippen LogP contribution in [0.1, 0.15) is 99.3 Å². The van der Waals surface area contributed by atoms with Gasteiger partial charge in [0.1, 0.15) is 17.5 Å². The van der Waals surface area contributed by atoms with E-state index in [1.807, 2.05) is 22.6 Å². The van der Waals surface area contributed by atoms with Gasteiger partial charge in [-0.2, -0.15) is 5.10 Å². The summed E-state index contributed by atoms with van der Waals surface area (Å²) in [6, 6.07) is 2.52. The van der Waals surface area contributed by atoms with Gasteiger partial charge in [-0.05, 0) is 67.4 Å². The van der Waals surface area contributed by atoms with E-state index in [2.05, 4.69) is 49.8 Å². The minimum atomic E-state index is -0.970. The quantitative estimate of drug-likeness (QED) is 0.278. The molecule has 234 valence electrons. The molecule has 2 fully saturated rings. The van der Waals surface area contributed by atoms with Crippen molar-refractivity contribution in [2.45, 2.75) is 97.4 Å². The number of hydrogen-bond acceptors (Lipinski definition) is 6. The van der Waals surface area contributed by atoms with Crippen LogP contribution in [-0.4, -0.2) is 70.6 Å². The molecule has 0 unspecified atom stereocenters. The monoisotopic (exact) mass is 608 g/mol. The molecule has 1 amide bonds. The van der Waals surface area contributed by atoms with Gasteiger partial charge in [0.15, 0.2) is 5.65 Å². The number of aryl methyl sites for hydroxylation is 1. The first-order valence-corrected chi connectivity index (χ1v) is 15.2. The molecular formula is C32H39F3N8O. The largest absolute Gasteiger partial charge is 0.336 e. The Kier molecular flexibility index (Phi) is 7.54. The molecule has 6 rings (SSSR count). The number of piperazine rings is 1. The lowest BCUT2D eigenvalue weighted by Gasteiger charge is -2.44. The molecule has 4 heterocycles. The van der Waals surface area contributed by atoms with E-state index < -0.39 is 23.5 Å². The molecule has 1 aliphatic carbocycles. The zero-order valence-electron chi connectivity index (χ0n) is 26.3. The Labute approximate surface area is 255 Å². The number of aromatic nitrogens is 6. The van der Waals surface area contributed by atoms with E-state index >= 15 is 0 Å². The Morgan fingerprint density at radius 1 is 1.05 bits per heavy atom. The average Bonchev–Trinajstić information content (AvgIpc) is 3.58. The van der Waals surface area contributed by atoms with Crippen LogP contribution >= 0.6 is 0 Å². The molecule has 1 saturated heterocycles. The van der Waals surface area contributed by atoms with Crippen LogP contribution in [-0.2, 0) is 12.1 Å². The van der Waals surface area contributed by atoms with Crippen molar-refractivity contribution < 1.29 is 18.0 Å². The molecule has 44 heavy (non-hydrogen) atoms. The second kappa shape index (κ2) is 11.0. The molecule has 3 aromatic heterocycles. The smallest absolute Gasteiger partial charge is 0.254 e. The molecule has 0 radical (unpaired) electrons. The minimum Gasteiger partial charge on any atom is -0.336 e. The van der Waals surface area contributed by atoms with Gasteiger partial charge in [0.25, 0.3) is 5.91 Å². The second-order valence-corrected chi connectivity index (χ2v) is 13.5. The number of carbonyl (C=O) groups is 1. The lowest BCUT2D eigenvalue weighted by atomic mass is 10.0. The topological polar surface area (TPSA) is 85.0 Å². The van der Waals surface area contributed by atoms with Crippen LogP contribution in [0.4, 0.5) is 13.2 Å².